The quantitative estimate of drug-likeness (QED) is 0.738. The molecule has 7 nitrogen and oxygen atoms in total. The molecule has 1 N–H and O–H groups in total. The van der Waals surface area contributed by atoms with Gasteiger partial charge in [0.15, 0.2) is 5.65 Å². The normalized spacial score (nSPS) is 15.6. The molecule has 146 valence electrons. The number of pyridine rings is 1. The van der Waals surface area contributed by atoms with Gasteiger partial charge in [0.25, 0.3) is 0 Å². The molecule has 2 aromatic heterocycles. The smallest absolute Gasteiger partial charge is 0.238 e. The number of aromatic nitrogens is 3. The van der Waals surface area contributed by atoms with Gasteiger partial charge in [-0.1, -0.05) is 6.07 Å². The number of aryl methyl sites for hydroxylation is 1. The topological polar surface area (TPSA) is 71.8 Å². The zero-order chi connectivity index (χ0) is 19.5. The third kappa shape index (κ3) is 3.99. The van der Waals surface area contributed by atoms with Crippen molar-refractivity contribution in [2.45, 2.75) is 25.7 Å². The molecule has 0 radical (unpaired) electrons. The van der Waals surface area contributed by atoms with Gasteiger partial charge in [0.2, 0.25) is 5.91 Å². The lowest BCUT2D eigenvalue weighted by Crippen LogP contribution is -2.39. The highest BCUT2D eigenvalue weighted by Crippen LogP contribution is 2.27. The maximum atomic E-state index is 12.4. The number of carbonyl (C=O) groups excluding carboxylic acids is 1. The van der Waals surface area contributed by atoms with Crippen molar-refractivity contribution in [3.05, 3.63) is 54.0 Å². The van der Waals surface area contributed by atoms with Crippen LogP contribution in [0.15, 0.2) is 42.6 Å². The number of benzene rings is 1. The van der Waals surface area contributed by atoms with E-state index >= 15 is 0 Å². The summed E-state index contributed by atoms with van der Waals surface area (Å²) in [5, 5.41) is 11.7. The average Bonchev–Trinajstić information content (AvgIpc) is 3.11. The molecule has 3 aromatic rings. The molecule has 0 bridgehead atoms. The lowest BCUT2D eigenvalue weighted by molar-refractivity contribution is -0.117. The summed E-state index contributed by atoms with van der Waals surface area (Å²) in [5.41, 5.74) is 2.84. The maximum absolute atomic E-state index is 12.4. The highest BCUT2D eigenvalue weighted by molar-refractivity contribution is 5.92. The van der Waals surface area contributed by atoms with Crippen LogP contribution in [0.5, 0.6) is 5.75 Å². The second-order valence-electron chi connectivity index (χ2n) is 7.32. The molecule has 1 aliphatic rings. The number of nitrogens with one attached hydrogen (secondary N) is 1. The lowest BCUT2D eigenvalue weighted by atomic mass is 9.96. The Morgan fingerprint density at radius 2 is 2.04 bits per heavy atom. The Balaban J connectivity index is 1.33. The number of amides is 1. The predicted molar refractivity (Wildman–Crippen MR) is 108 cm³/mol. The van der Waals surface area contributed by atoms with E-state index < -0.39 is 0 Å². The van der Waals surface area contributed by atoms with Crippen LogP contribution in [0.2, 0.25) is 0 Å². The number of rotatable bonds is 5. The molecule has 0 atom stereocenters. The minimum atomic E-state index is -0.00453. The van der Waals surface area contributed by atoms with E-state index in [0.717, 1.165) is 48.8 Å². The van der Waals surface area contributed by atoms with Gasteiger partial charge in [-0.05, 0) is 62.7 Å². The first-order valence-electron chi connectivity index (χ1n) is 9.60. The largest absolute Gasteiger partial charge is 0.497 e. The fourth-order valence-electron chi connectivity index (χ4n) is 3.74. The molecule has 1 amide bonds. The van der Waals surface area contributed by atoms with Crippen LogP contribution in [0.3, 0.4) is 0 Å². The fourth-order valence-corrected chi connectivity index (χ4v) is 3.74. The third-order valence-electron chi connectivity index (χ3n) is 5.27. The van der Waals surface area contributed by atoms with Gasteiger partial charge in [-0.2, -0.15) is 0 Å². The Kier molecular flexibility index (Phi) is 5.25. The van der Waals surface area contributed by atoms with Crippen LogP contribution >= 0.6 is 0 Å². The first kappa shape index (κ1) is 18.4. The van der Waals surface area contributed by atoms with Gasteiger partial charge in [-0.25, -0.2) is 0 Å². The molecule has 4 rings (SSSR count). The Labute approximate surface area is 164 Å². The van der Waals surface area contributed by atoms with Crippen LogP contribution in [0.1, 0.15) is 30.1 Å². The summed E-state index contributed by atoms with van der Waals surface area (Å²) in [7, 11) is 1.62. The van der Waals surface area contributed by atoms with Crippen molar-refractivity contribution in [3.63, 3.8) is 0 Å². The molecule has 1 saturated heterocycles. The summed E-state index contributed by atoms with van der Waals surface area (Å²) >= 11 is 0. The number of hydrogen-bond donors (Lipinski definition) is 1. The van der Waals surface area contributed by atoms with Gasteiger partial charge in [0, 0.05) is 23.9 Å². The summed E-state index contributed by atoms with van der Waals surface area (Å²) in [6.07, 6.45) is 4.00. The number of carbonyl (C=O) groups is 1. The molecule has 3 heterocycles. The van der Waals surface area contributed by atoms with Crippen LogP contribution in [-0.2, 0) is 4.79 Å². The van der Waals surface area contributed by atoms with Crippen LogP contribution in [-0.4, -0.2) is 52.1 Å². The lowest BCUT2D eigenvalue weighted by Gasteiger charge is -2.30. The Bertz CT molecular complexity index is 976. The molecule has 1 aromatic carbocycles. The minimum absolute atomic E-state index is 0.00453. The zero-order valence-corrected chi connectivity index (χ0v) is 16.3. The number of nitrogens with zero attached hydrogens (tertiary/aromatic N) is 4. The van der Waals surface area contributed by atoms with Crippen molar-refractivity contribution < 1.29 is 9.53 Å². The summed E-state index contributed by atoms with van der Waals surface area (Å²) in [5.74, 6) is 2.12. The van der Waals surface area contributed by atoms with Gasteiger partial charge >= 0.3 is 0 Å². The molecule has 28 heavy (non-hydrogen) atoms. The minimum Gasteiger partial charge on any atom is -0.497 e. The molecule has 0 saturated carbocycles. The van der Waals surface area contributed by atoms with E-state index in [0.29, 0.717) is 12.5 Å². The summed E-state index contributed by atoms with van der Waals surface area (Å²) in [4.78, 5) is 14.6. The molecule has 0 spiro atoms. The number of ether oxygens (including phenoxy) is 1. The van der Waals surface area contributed by atoms with Gasteiger partial charge in [0.05, 0.1) is 13.7 Å². The molecule has 1 fully saturated rings. The number of piperidine rings is 1. The fraction of sp³-hybridized carbons (Fsp3) is 0.381. The zero-order valence-electron chi connectivity index (χ0n) is 16.3. The number of likely N-dealkylation sites (tertiary alicyclic amines) is 1. The van der Waals surface area contributed by atoms with E-state index in [1.165, 1.54) is 5.56 Å². The Hall–Kier alpha value is -2.93. The highest BCUT2D eigenvalue weighted by atomic mass is 16.5. The highest BCUT2D eigenvalue weighted by Gasteiger charge is 2.25. The number of anilines is 1. The van der Waals surface area contributed by atoms with Crippen molar-refractivity contribution in [3.8, 4) is 5.75 Å². The monoisotopic (exact) mass is 379 g/mol. The average molecular weight is 379 g/mol. The number of hydrogen-bond acceptors (Lipinski definition) is 5. The Morgan fingerprint density at radius 1 is 1.21 bits per heavy atom. The van der Waals surface area contributed by atoms with Crippen molar-refractivity contribution in [2.75, 3.05) is 32.1 Å². The standard InChI is InChI=1S/C21H25N5O2/c1-15-6-11-26-19(12-15)23-24-21(26)16-7-9-25(10-8-16)14-20(27)22-17-4-3-5-18(13-17)28-2/h3-6,11-13,16H,7-10,14H2,1-2H3,(H,22,27). The van der Waals surface area contributed by atoms with Crippen LogP contribution in [0.25, 0.3) is 5.65 Å². The Morgan fingerprint density at radius 3 is 2.82 bits per heavy atom. The van der Waals surface area contributed by atoms with E-state index in [1.54, 1.807) is 7.11 Å². The van der Waals surface area contributed by atoms with E-state index in [9.17, 15) is 4.79 Å². The number of methoxy groups -OCH3 is 1. The van der Waals surface area contributed by atoms with Crippen molar-refractivity contribution in [1.29, 1.82) is 0 Å². The van der Waals surface area contributed by atoms with Crippen LogP contribution < -0.4 is 10.1 Å². The summed E-state index contributed by atoms with van der Waals surface area (Å²) < 4.78 is 7.28. The van der Waals surface area contributed by atoms with Gasteiger partial charge in [0.1, 0.15) is 11.6 Å². The SMILES string of the molecule is COc1cccc(NC(=O)CN2CCC(c3nnc4cc(C)ccn34)CC2)c1. The molecule has 0 unspecified atom stereocenters. The molecular weight excluding hydrogens is 354 g/mol. The van der Waals surface area contributed by atoms with Crippen LogP contribution in [0, 0.1) is 6.92 Å². The molecule has 1 aliphatic heterocycles. The maximum Gasteiger partial charge on any atom is 0.238 e. The van der Waals surface area contributed by atoms with Crippen LogP contribution in [0.4, 0.5) is 5.69 Å². The summed E-state index contributed by atoms with van der Waals surface area (Å²) in [6, 6.07) is 11.5. The second kappa shape index (κ2) is 7.98. The van der Waals surface area contributed by atoms with E-state index in [4.69, 9.17) is 4.74 Å². The van der Waals surface area contributed by atoms with Gasteiger partial charge < -0.3 is 10.1 Å². The first-order chi connectivity index (χ1) is 13.6. The molecule has 0 aliphatic carbocycles. The van der Waals surface area contributed by atoms with Crippen molar-refractivity contribution in [2.24, 2.45) is 0 Å². The van der Waals surface area contributed by atoms with E-state index in [2.05, 4.69) is 43.9 Å². The molecular formula is C21H25N5O2. The third-order valence-corrected chi connectivity index (χ3v) is 5.27. The van der Waals surface area contributed by atoms with Crippen molar-refractivity contribution in [1.82, 2.24) is 19.5 Å². The second-order valence-corrected chi connectivity index (χ2v) is 7.32. The molecule has 7 heteroatoms. The van der Waals surface area contributed by atoms with Gasteiger partial charge in [-0.3, -0.25) is 14.1 Å². The first-order valence-corrected chi connectivity index (χ1v) is 9.60. The number of fused-ring (bicyclic) bond motifs is 1. The predicted octanol–water partition coefficient (Wildman–Crippen LogP) is 2.86. The van der Waals surface area contributed by atoms with Crippen molar-refractivity contribution >= 4 is 17.2 Å². The van der Waals surface area contributed by atoms with Gasteiger partial charge in [-0.15, -0.1) is 10.2 Å². The van der Waals surface area contributed by atoms with E-state index in [1.807, 2.05) is 30.5 Å². The summed E-state index contributed by atoms with van der Waals surface area (Å²) in [6.45, 7) is 4.20. The van der Waals surface area contributed by atoms with E-state index in [-0.39, 0.29) is 5.91 Å².